The van der Waals surface area contributed by atoms with Gasteiger partial charge < -0.3 is 9.15 Å². The van der Waals surface area contributed by atoms with Crippen molar-refractivity contribution < 1.29 is 13.9 Å². The lowest BCUT2D eigenvalue weighted by atomic mass is 10.1. The van der Waals surface area contributed by atoms with E-state index in [4.69, 9.17) is 9.15 Å². The monoisotopic (exact) mass is 322 g/mol. The van der Waals surface area contributed by atoms with E-state index in [0.29, 0.717) is 13.0 Å². The number of unbranched alkanes of at least 4 members (excludes halogenated alkanes) is 7. The number of carbonyl (C=O) groups excluding carboxylic acids is 1. The third kappa shape index (κ3) is 10.2. The summed E-state index contributed by atoms with van der Waals surface area (Å²) in [6.07, 6.45) is 13.4. The van der Waals surface area contributed by atoms with Crippen LogP contribution in [0, 0.1) is 0 Å². The summed E-state index contributed by atoms with van der Waals surface area (Å²) in [6, 6.07) is 4.28. The molecule has 0 fully saturated rings. The largest absolute Gasteiger partial charge is 0.466 e. The molecule has 1 aromatic heterocycles. The van der Waals surface area contributed by atoms with Crippen molar-refractivity contribution in [3.05, 3.63) is 23.7 Å². The van der Waals surface area contributed by atoms with Gasteiger partial charge in [0.1, 0.15) is 11.5 Å². The summed E-state index contributed by atoms with van der Waals surface area (Å²) >= 11 is 0. The van der Waals surface area contributed by atoms with Crippen molar-refractivity contribution in [2.45, 2.75) is 90.9 Å². The highest BCUT2D eigenvalue weighted by molar-refractivity contribution is 5.69. The van der Waals surface area contributed by atoms with Gasteiger partial charge in [0.15, 0.2) is 0 Å². The maximum atomic E-state index is 11.2. The second-order valence-electron chi connectivity index (χ2n) is 6.25. The average molecular weight is 322 g/mol. The van der Waals surface area contributed by atoms with Gasteiger partial charge in [-0.25, -0.2) is 0 Å². The van der Waals surface area contributed by atoms with E-state index in [1.54, 1.807) is 0 Å². The molecule has 0 saturated heterocycles. The third-order valence-corrected chi connectivity index (χ3v) is 4.10. The Labute approximate surface area is 141 Å². The minimum atomic E-state index is -0.0555. The number of furan rings is 1. The van der Waals surface area contributed by atoms with E-state index >= 15 is 0 Å². The molecule has 1 rings (SSSR count). The first-order valence-corrected chi connectivity index (χ1v) is 9.49. The number of carbonyl (C=O) groups is 1. The molecule has 0 amide bonds. The Bertz CT molecular complexity index is 409. The van der Waals surface area contributed by atoms with Gasteiger partial charge in [-0.1, -0.05) is 45.4 Å². The molecule has 0 aliphatic rings. The zero-order chi connectivity index (χ0) is 16.8. The molecule has 0 aromatic carbocycles. The van der Waals surface area contributed by atoms with Gasteiger partial charge in [0.2, 0.25) is 0 Å². The SMILES string of the molecule is CCCCCc1ccc(CCCCCCCCC(=O)OCC)o1. The summed E-state index contributed by atoms with van der Waals surface area (Å²) < 4.78 is 10.8. The molecule has 0 aliphatic heterocycles. The van der Waals surface area contributed by atoms with Crippen LogP contribution in [0.15, 0.2) is 16.5 Å². The normalized spacial score (nSPS) is 10.9. The van der Waals surface area contributed by atoms with Crippen molar-refractivity contribution in [1.82, 2.24) is 0 Å². The predicted molar refractivity (Wildman–Crippen MR) is 94.6 cm³/mol. The molecule has 3 nitrogen and oxygen atoms in total. The summed E-state index contributed by atoms with van der Waals surface area (Å²) in [5.74, 6) is 2.23. The van der Waals surface area contributed by atoms with Gasteiger partial charge in [-0.05, 0) is 38.3 Å². The molecule has 0 spiro atoms. The number of hydrogen-bond acceptors (Lipinski definition) is 3. The maximum Gasteiger partial charge on any atom is 0.305 e. The molecule has 1 aromatic rings. The van der Waals surface area contributed by atoms with Gasteiger partial charge in [-0.3, -0.25) is 4.79 Å². The van der Waals surface area contributed by atoms with E-state index in [1.165, 1.54) is 44.9 Å². The summed E-state index contributed by atoms with van der Waals surface area (Å²) in [5, 5.41) is 0. The molecular formula is C20H34O3. The number of aryl methyl sites for hydroxylation is 2. The highest BCUT2D eigenvalue weighted by atomic mass is 16.5. The molecule has 3 heteroatoms. The Kier molecular flexibility index (Phi) is 11.4. The molecule has 0 unspecified atom stereocenters. The van der Waals surface area contributed by atoms with Crippen LogP contribution in [0.25, 0.3) is 0 Å². The fourth-order valence-electron chi connectivity index (χ4n) is 2.75. The van der Waals surface area contributed by atoms with Crippen LogP contribution >= 0.6 is 0 Å². The zero-order valence-electron chi connectivity index (χ0n) is 15.1. The van der Waals surface area contributed by atoms with Crippen molar-refractivity contribution in [3.63, 3.8) is 0 Å². The molecule has 1 heterocycles. The molecule has 132 valence electrons. The van der Waals surface area contributed by atoms with E-state index in [0.717, 1.165) is 37.2 Å². The van der Waals surface area contributed by atoms with Crippen molar-refractivity contribution in [3.8, 4) is 0 Å². The Morgan fingerprint density at radius 2 is 1.43 bits per heavy atom. The van der Waals surface area contributed by atoms with Crippen LogP contribution in [0.3, 0.4) is 0 Å². The molecule has 0 aliphatic carbocycles. The fourth-order valence-corrected chi connectivity index (χ4v) is 2.75. The lowest BCUT2D eigenvalue weighted by Crippen LogP contribution is -2.03. The zero-order valence-corrected chi connectivity index (χ0v) is 15.1. The summed E-state index contributed by atoms with van der Waals surface area (Å²) in [4.78, 5) is 11.2. The molecule has 0 radical (unpaired) electrons. The summed E-state index contributed by atoms with van der Waals surface area (Å²) in [7, 11) is 0. The number of esters is 1. The first-order valence-electron chi connectivity index (χ1n) is 9.49. The Hall–Kier alpha value is -1.25. The van der Waals surface area contributed by atoms with Crippen molar-refractivity contribution in [1.29, 1.82) is 0 Å². The van der Waals surface area contributed by atoms with Crippen molar-refractivity contribution >= 4 is 5.97 Å². The highest BCUT2D eigenvalue weighted by Crippen LogP contribution is 2.15. The minimum absolute atomic E-state index is 0.0555. The predicted octanol–water partition coefficient (Wildman–Crippen LogP) is 5.85. The standard InChI is InChI=1S/C20H34O3/c1-3-5-10-13-18-16-17-19(23-18)14-11-8-6-7-9-12-15-20(21)22-4-2/h16-17H,3-15H2,1-2H3. The van der Waals surface area contributed by atoms with Crippen LogP contribution in [0.5, 0.6) is 0 Å². The average Bonchev–Trinajstić information content (AvgIpc) is 2.98. The van der Waals surface area contributed by atoms with Gasteiger partial charge in [0.05, 0.1) is 6.61 Å². The van der Waals surface area contributed by atoms with Crippen LogP contribution in [-0.2, 0) is 22.4 Å². The van der Waals surface area contributed by atoms with Gasteiger partial charge in [0.25, 0.3) is 0 Å². The maximum absolute atomic E-state index is 11.2. The quantitative estimate of drug-likeness (QED) is 0.318. The van der Waals surface area contributed by atoms with Crippen LogP contribution in [0.1, 0.15) is 89.6 Å². The second-order valence-corrected chi connectivity index (χ2v) is 6.25. The van der Waals surface area contributed by atoms with Gasteiger partial charge in [-0.15, -0.1) is 0 Å². The van der Waals surface area contributed by atoms with Gasteiger partial charge >= 0.3 is 5.97 Å². The Morgan fingerprint density at radius 3 is 2.04 bits per heavy atom. The Balaban J connectivity index is 1.95. The van der Waals surface area contributed by atoms with E-state index in [-0.39, 0.29) is 5.97 Å². The highest BCUT2D eigenvalue weighted by Gasteiger charge is 2.03. The van der Waals surface area contributed by atoms with Gasteiger partial charge in [0, 0.05) is 19.3 Å². The Morgan fingerprint density at radius 1 is 0.870 bits per heavy atom. The molecule has 0 saturated carbocycles. The van der Waals surface area contributed by atoms with Crippen LogP contribution < -0.4 is 0 Å². The first kappa shape index (κ1) is 19.8. The number of ether oxygens (including phenoxy) is 1. The first-order chi connectivity index (χ1) is 11.3. The number of rotatable bonds is 14. The summed E-state index contributed by atoms with van der Waals surface area (Å²) in [6.45, 7) is 4.57. The fraction of sp³-hybridized carbons (Fsp3) is 0.750. The smallest absolute Gasteiger partial charge is 0.305 e. The van der Waals surface area contributed by atoms with Crippen LogP contribution in [0.2, 0.25) is 0 Å². The van der Waals surface area contributed by atoms with Crippen molar-refractivity contribution in [2.75, 3.05) is 6.61 Å². The summed E-state index contributed by atoms with van der Waals surface area (Å²) in [5.41, 5.74) is 0. The van der Waals surface area contributed by atoms with E-state index in [2.05, 4.69) is 19.1 Å². The number of hydrogen-bond donors (Lipinski definition) is 0. The molecule has 0 atom stereocenters. The van der Waals surface area contributed by atoms with Crippen LogP contribution in [0.4, 0.5) is 0 Å². The molecular weight excluding hydrogens is 288 g/mol. The van der Waals surface area contributed by atoms with E-state index in [9.17, 15) is 4.79 Å². The topological polar surface area (TPSA) is 39.4 Å². The molecule has 0 bridgehead atoms. The molecule has 23 heavy (non-hydrogen) atoms. The molecule has 0 N–H and O–H groups in total. The lowest BCUT2D eigenvalue weighted by Gasteiger charge is -2.02. The lowest BCUT2D eigenvalue weighted by molar-refractivity contribution is -0.143. The van der Waals surface area contributed by atoms with E-state index < -0.39 is 0 Å². The second kappa shape index (κ2) is 13.2. The minimum Gasteiger partial charge on any atom is -0.466 e. The van der Waals surface area contributed by atoms with Gasteiger partial charge in [-0.2, -0.15) is 0 Å². The third-order valence-electron chi connectivity index (χ3n) is 4.10. The van der Waals surface area contributed by atoms with E-state index in [1.807, 2.05) is 6.92 Å². The van der Waals surface area contributed by atoms with Crippen molar-refractivity contribution in [2.24, 2.45) is 0 Å². The van der Waals surface area contributed by atoms with Crippen LogP contribution in [-0.4, -0.2) is 12.6 Å².